The highest BCUT2D eigenvalue weighted by atomic mass is 32.2. The first-order chi connectivity index (χ1) is 10.3. The summed E-state index contributed by atoms with van der Waals surface area (Å²) in [6, 6.07) is 7.84. The standard InChI is InChI=1S/C13H17N5O3S/c1-10-3-5-11(6-4-10)7-14-13(19)9-18-8-12(15-17-18)16-22(2,20)21/h3-6,8,16H,7,9H2,1-2H3,(H,14,19). The fourth-order valence-corrected chi connectivity index (χ4v) is 2.20. The number of hydrogen-bond donors (Lipinski definition) is 2. The predicted molar refractivity (Wildman–Crippen MR) is 81.5 cm³/mol. The molecule has 1 amide bonds. The summed E-state index contributed by atoms with van der Waals surface area (Å²) >= 11 is 0. The Morgan fingerprint density at radius 2 is 1.95 bits per heavy atom. The molecule has 0 fully saturated rings. The highest BCUT2D eigenvalue weighted by Crippen LogP contribution is 2.03. The number of carbonyl (C=O) groups excluding carboxylic acids is 1. The fraction of sp³-hybridized carbons (Fsp3) is 0.308. The van der Waals surface area contributed by atoms with E-state index in [-0.39, 0.29) is 18.3 Å². The van der Waals surface area contributed by atoms with Gasteiger partial charge >= 0.3 is 0 Å². The van der Waals surface area contributed by atoms with Gasteiger partial charge in [-0.05, 0) is 12.5 Å². The fourth-order valence-electron chi connectivity index (χ4n) is 1.72. The summed E-state index contributed by atoms with van der Waals surface area (Å²) in [5.74, 6) is -0.162. The number of nitrogens with one attached hydrogen (secondary N) is 2. The van der Waals surface area contributed by atoms with Gasteiger partial charge in [-0.1, -0.05) is 35.0 Å². The molecule has 22 heavy (non-hydrogen) atoms. The number of amides is 1. The average Bonchev–Trinajstić information content (AvgIpc) is 2.83. The Morgan fingerprint density at radius 1 is 1.27 bits per heavy atom. The van der Waals surface area contributed by atoms with Crippen molar-refractivity contribution >= 4 is 21.7 Å². The summed E-state index contributed by atoms with van der Waals surface area (Å²) in [5, 5.41) is 10.1. The SMILES string of the molecule is Cc1ccc(CNC(=O)Cn2cc(NS(C)(=O)=O)nn2)cc1. The van der Waals surface area contributed by atoms with Gasteiger partial charge in [-0.3, -0.25) is 9.52 Å². The Bertz CT molecular complexity index is 752. The van der Waals surface area contributed by atoms with Crippen LogP contribution >= 0.6 is 0 Å². The lowest BCUT2D eigenvalue weighted by atomic mass is 10.1. The molecule has 0 aliphatic heterocycles. The van der Waals surface area contributed by atoms with Crippen LogP contribution in [0.5, 0.6) is 0 Å². The number of carbonyl (C=O) groups is 1. The number of aryl methyl sites for hydroxylation is 1. The third kappa shape index (κ3) is 5.17. The zero-order valence-electron chi connectivity index (χ0n) is 12.3. The van der Waals surface area contributed by atoms with Crippen molar-refractivity contribution in [1.82, 2.24) is 20.3 Å². The van der Waals surface area contributed by atoms with Gasteiger partial charge in [0.05, 0.1) is 12.5 Å². The van der Waals surface area contributed by atoms with Gasteiger partial charge in [-0.25, -0.2) is 13.1 Å². The van der Waals surface area contributed by atoms with Crippen molar-refractivity contribution in [1.29, 1.82) is 0 Å². The first kappa shape index (κ1) is 16.0. The van der Waals surface area contributed by atoms with Crippen molar-refractivity contribution in [3.63, 3.8) is 0 Å². The summed E-state index contributed by atoms with van der Waals surface area (Å²) in [6.07, 6.45) is 2.37. The first-order valence-corrected chi connectivity index (χ1v) is 8.41. The van der Waals surface area contributed by atoms with Crippen molar-refractivity contribution in [2.45, 2.75) is 20.0 Å². The monoisotopic (exact) mass is 323 g/mol. The second-order valence-electron chi connectivity index (χ2n) is 4.94. The Hall–Kier alpha value is -2.42. The molecule has 2 aromatic rings. The van der Waals surface area contributed by atoms with E-state index < -0.39 is 10.0 Å². The number of nitrogens with zero attached hydrogens (tertiary/aromatic N) is 3. The van der Waals surface area contributed by atoms with Crippen LogP contribution in [0.4, 0.5) is 5.82 Å². The normalized spacial score (nSPS) is 11.2. The lowest BCUT2D eigenvalue weighted by molar-refractivity contribution is -0.122. The molecule has 1 aromatic carbocycles. The molecule has 0 aliphatic rings. The second kappa shape index (κ2) is 6.56. The van der Waals surface area contributed by atoms with Crippen molar-refractivity contribution in [3.05, 3.63) is 41.6 Å². The van der Waals surface area contributed by atoms with Crippen LogP contribution in [-0.2, 0) is 27.9 Å². The molecule has 1 aromatic heterocycles. The number of benzene rings is 1. The van der Waals surface area contributed by atoms with E-state index in [1.165, 1.54) is 10.9 Å². The predicted octanol–water partition coefficient (Wildman–Crippen LogP) is 0.274. The molecule has 0 aliphatic carbocycles. The van der Waals surface area contributed by atoms with Crippen LogP contribution < -0.4 is 10.0 Å². The zero-order chi connectivity index (χ0) is 16.2. The summed E-state index contributed by atoms with van der Waals surface area (Å²) < 4.78 is 25.5. The van der Waals surface area contributed by atoms with E-state index in [9.17, 15) is 13.2 Å². The second-order valence-corrected chi connectivity index (χ2v) is 6.69. The average molecular weight is 323 g/mol. The highest BCUT2D eigenvalue weighted by molar-refractivity contribution is 7.92. The molecule has 0 unspecified atom stereocenters. The minimum atomic E-state index is -3.41. The lowest BCUT2D eigenvalue weighted by Gasteiger charge is -2.05. The van der Waals surface area contributed by atoms with E-state index in [0.29, 0.717) is 6.54 Å². The van der Waals surface area contributed by atoms with Crippen LogP contribution in [0, 0.1) is 6.92 Å². The number of hydrogen-bond acceptors (Lipinski definition) is 5. The maximum atomic E-state index is 11.8. The van der Waals surface area contributed by atoms with E-state index in [4.69, 9.17) is 0 Å². The van der Waals surface area contributed by atoms with Crippen molar-refractivity contribution in [2.75, 3.05) is 11.0 Å². The Labute approximate surface area is 128 Å². The van der Waals surface area contributed by atoms with E-state index in [0.717, 1.165) is 17.4 Å². The molecule has 8 nitrogen and oxygen atoms in total. The summed E-state index contributed by atoms with van der Waals surface area (Å²) in [7, 11) is -3.41. The summed E-state index contributed by atoms with van der Waals surface area (Å²) in [5.41, 5.74) is 2.15. The van der Waals surface area contributed by atoms with Crippen LogP contribution in [0.15, 0.2) is 30.5 Å². The molecule has 2 rings (SSSR count). The van der Waals surface area contributed by atoms with Crippen molar-refractivity contribution < 1.29 is 13.2 Å². The van der Waals surface area contributed by atoms with Gasteiger partial charge in [0.2, 0.25) is 15.9 Å². The Kier molecular flexibility index (Phi) is 4.76. The molecule has 2 N–H and O–H groups in total. The molecule has 9 heteroatoms. The minimum absolute atomic E-state index is 0.0374. The number of anilines is 1. The van der Waals surface area contributed by atoms with Crippen LogP contribution in [0.1, 0.15) is 11.1 Å². The molecular formula is C13H17N5O3S. The highest BCUT2D eigenvalue weighted by Gasteiger charge is 2.08. The maximum Gasteiger partial charge on any atom is 0.242 e. The van der Waals surface area contributed by atoms with Gasteiger partial charge in [-0.15, -0.1) is 5.10 Å². The number of aromatic nitrogens is 3. The third-order valence-electron chi connectivity index (χ3n) is 2.74. The molecule has 0 saturated heterocycles. The van der Waals surface area contributed by atoms with Gasteiger partial charge < -0.3 is 5.32 Å². The van der Waals surface area contributed by atoms with Crippen LogP contribution in [-0.4, -0.2) is 35.6 Å². The smallest absolute Gasteiger partial charge is 0.242 e. The molecule has 0 bridgehead atoms. The van der Waals surface area contributed by atoms with Gasteiger partial charge in [0.15, 0.2) is 5.82 Å². The zero-order valence-corrected chi connectivity index (χ0v) is 13.1. The van der Waals surface area contributed by atoms with Crippen molar-refractivity contribution in [2.24, 2.45) is 0 Å². The first-order valence-electron chi connectivity index (χ1n) is 6.52. The molecule has 0 saturated carbocycles. The van der Waals surface area contributed by atoms with Crippen LogP contribution in [0.25, 0.3) is 0 Å². The quantitative estimate of drug-likeness (QED) is 0.794. The maximum absolute atomic E-state index is 11.8. The molecule has 118 valence electrons. The van der Waals surface area contributed by atoms with E-state index in [1.54, 1.807) is 0 Å². The van der Waals surface area contributed by atoms with Gasteiger partial charge in [-0.2, -0.15) is 0 Å². The number of sulfonamides is 1. The molecule has 0 spiro atoms. The van der Waals surface area contributed by atoms with Gasteiger partial charge in [0.1, 0.15) is 6.54 Å². The van der Waals surface area contributed by atoms with Crippen LogP contribution in [0.2, 0.25) is 0 Å². The summed E-state index contributed by atoms with van der Waals surface area (Å²) in [6.45, 7) is 2.38. The Balaban J connectivity index is 1.85. The Morgan fingerprint density at radius 3 is 2.59 bits per heavy atom. The molecular weight excluding hydrogens is 306 g/mol. The molecule has 1 heterocycles. The van der Waals surface area contributed by atoms with Crippen molar-refractivity contribution in [3.8, 4) is 0 Å². The lowest BCUT2D eigenvalue weighted by Crippen LogP contribution is -2.27. The van der Waals surface area contributed by atoms with Gasteiger partial charge in [0.25, 0.3) is 0 Å². The molecule has 0 radical (unpaired) electrons. The minimum Gasteiger partial charge on any atom is -0.350 e. The summed E-state index contributed by atoms with van der Waals surface area (Å²) in [4.78, 5) is 11.8. The largest absolute Gasteiger partial charge is 0.350 e. The molecule has 0 atom stereocenters. The van der Waals surface area contributed by atoms with E-state index in [1.807, 2.05) is 31.2 Å². The van der Waals surface area contributed by atoms with Gasteiger partial charge in [0, 0.05) is 6.54 Å². The number of rotatable bonds is 6. The van der Waals surface area contributed by atoms with E-state index >= 15 is 0 Å². The third-order valence-corrected chi connectivity index (χ3v) is 3.32. The van der Waals surface area contributed by atoms with Crippen LogP contribution in [0.3, 0.4) is 0 Å². The topological polar surface area (TPSA) is 106 Å². The van der Waals surface area contributed by atoms with E-state index in [2.05, 4.69) is 20.4 Å².